The zero-order valence-electron chi connectivity index (χ0n) is 20.7. The summed E-state index contributed by atoms with van der Waals surface area (Å²) in [6.45, 7) is 4.73. The van der Waals surface area contributed by atoms with Crippen LogP contribution in [-0.4, -0.2) is 47.4 Å². The van der Waals surface area contributed by atoms with Gasteiger partial charge in [-0.2, -0.15) is 0 Å². The third-order valence-electron chi connectivity index (χ3n) is 5.58. The summed E-state index contributed by atoms with van der Waals surface area (Å²) in [5.41, 5.74) is -0.304. The first-order chi connectivity index (χ1) is 15.9. The molecule has 0 aliphatic carbocycles. The summed E-state index contributed by atoms with van der Waals surface area (Å²) >= 11 is 0. The summed E-state index contributed by atoms with van der Waals surface area (Å²) in [5.74, 6) is -2.52. The Labute approximate surface area is 199 Å². The zero-order chi connectivity index (χ0) is 24.7. The van der Waals surface area contributed by atoms with Gasteiger partial charge >= 0.3 is 17.9 Å². The van der Waals surface area contributed by atoms with Crippen LogP contribution in [0.1, 0.15) is 116 Å². The molecule has 0 aromatic carbocycles. The molecule has 0 aliphatic rings. The molecule has 0 spiro atoms. The lowest BCUT2D eigenvalue weighted by Gasteiger charge is -2.15. The van der Waals surface area contributed by atoms with Crippen LogP contribution in [0.5, 0.6) is 0 Å². The largest absolute Gasteiger partial charge is 0.478 e. The molecule has 0 rings (SSSR count). The van der Waals surface area contributed by atoms with E-state index in [9.17, 15) is 19.5 Å². The standard InChI is InChI=1S/C26H46O7/c1-3-4-5-6-7-8-9-10-11-12-13-14-15-16-17-18-24(28)32-21-23(20-27)33-25(29)19-22(2)26(30)31/h23,27H,2-21H2,1H3,(H,30,31). The van der Waals surface area contributed by atoms with Crippen LogP contribution in [0.3, 0.4) is 0 Å². The monoisotopic (exact) mass is 470 g/mol. The van der Waals surface area contributed by atoms with Gasteiger partial charge in [0.15, 0.2) is 6.10 Å². The van der Waals surface area contributed by atoms with Crippen LogP contribution in [0.25, 0.3) is 0 Å². The minimum absolute atomic E-state index is 0.251. The number of aliphatic carboxylic acids is 1. The van der Waals surface area contributed by atoms with Gasteiger partial charge in [-0.3, -0.25) is 9.59 Å². The molecular weight excluding hydrogens is 424 g/mol. The van der Waals surface area contributed by atoms with Gasteiger partial charge in [0, 0.05) is 12.0 Å². The van der Waals surface area contributed by atoms with Crippen LogP contribution in [0.4, 0.5) is 0 Å². The molecule has 0 fully saturated rings. The molecule has 33 heavy (non-hydrogen) atoms. The quantitative estimate of drug-likeness (QED) is 0.111. The fraction of sp³-hybridized carbons (Fsp3) is 0.808. The molecule has 0 amide bonds. The van der Waals surface area contributed by atoms with Crippen LogP contribution in [0, 0.1) is 0 Å². The molecule has 1 unspecified atom stereocenters. The first-order valence-corrected chi connectivity index (χ1v) is 12.8. The van der Waals surface area contributed by atoms with E-state index in [2.05, 4.69) is 13.5 Å². The van der Waals surface area contributed by atoms with Gasteiger partial charge in [-0.1, -0.05) is 103 Å². The molecule has 7 heteroatoms. The highest BCUT2D eigenvalue weighted by Gasteiger charge is 2.18. The summed E-state index contributed by atoms with van der Waals surface area (Å²) in [4.78, 5) is 34.1. The summed E-state index contributed by atoms with van der Waals surface area (Å²) in [5, 5.41) is 17.9. The van der Waals surface area contributed by atoms with Crippen molar-refractivity contribution in [1.29, 1.82) is 0 Å². The summed E-state index contributed by atoms with van der Waals surface area (Å²) in [6, 6.07) is 0. The molecule has 0 bridgehead atoms. The Balaban J connectivity index is 3.56. The van der Waals surface area contributed by atoms with Crippen molar-refractivity contribution in [2.45, 2.75) is 122 Å². The number of aliphatic hydroxyl groups is 1. The van der Waals surface area contributed by atoms with E-state index in [1.165, 1.54) is 77.0 Å². The minimum Gasteiger partial charge on any atom is -0.478 e. The molecule has 2 N–H and O–H groups in total. The van der Waals surface area contributed by atoms with Gasteiger partial charge in [-0.25, -0.2) is 4.79 Å². The van der Waals surface area contributed by atoms with Crippen molar-refractivity contribution in [1.82, 2.24) is 0 Å². The second-order valence-electron chi connectivity index (χ2n) is 8.76. The average molecular weight is 471 g/mol. The number of carboxylic acids is 1. The van der Waals surface area contributed by atoms with E-state index in [1.54, 1.807) is 0 Å². The van der Waals surface area contributed by atoms with E-state index in [-0.39, 0.29) is 12.2 Å². The highest BCUT2D eigenvalue weighted by atomic mass is 16.6. The van der Waals surface area contributed by atoms with Crippen molar-refractivity contribution in [2.75, 3.05) is 13.2 Å². The number of carboxylic acid groups (broad SMARTS) is 1. The fourth-order valence-electron chi connectivity index (χ4n) is 3.50. The van der Waals surface area contributed by atoms with Crippen molar-refractivity contribution < 1.29 is 34.1 Å². The second kappa shape index (κ2) is 21.9. The lowest BCUT2D eigenvalue weighted by molar-refractivity contribution is -0.161. The second-order valence-corrected chi connectivity index (χ2v) is 8.76. The van der Waals surface area contributed by atoms with E-state index in [1.807, 2.05) is 0 Å². The van der Waals surface area contributed by atoms with Gasteiger partial charge < -0.3 is 19.7 Å². The van der Waals surface area contributed by atoms with Gasteiger partial charge in [0.2, 0.25) is 0 Å². The molecule has 0 saturated heterocycles. The van der Waals surface area contributed by atoms with E-state index in [4.69, 9.17) is 14.6 Å². The SMILES string of the molecule is C=C(CC(=O)OC(CO)COC(=O)CCCCCCCCCCCCCCCCC)C(=O)O. The summed E-state index contributed by atoms with van der Waals surface area (Å²) < 4.78 is 9.96. The van der Waals surface area contributed by atoms with Crippen molar-refractivity contribution in [3.05, 3.63) is 12.2 Å². The highest BCUT2D eigenvalue weighted by molar-refractivity contribution is 5.91. The van der Waals surface area contributed by atoms with Crippen molar-refractivity contribution in [2.24, 2.45) is 0 Å². The Bertz CT molecular complexity index is 545. The van der Waals surface area contributed by atoms with Gasteiger partial charge in [0.25, 0.3) is 0 Å². The maximum Gasteiger partial charge on any atom is 0.331 e. The Kier molecular flexibility index (Phi) is 20.7. The summed E-state index contributed by atoms with van der Waals surface area (Å²) in [7, 11) is 0. The molecule has 0 saturated carbocycles. The highest BCUT2D eigenvalue weighted by Crippen LogP contribution is 2.14. The molecule has 0 heterocycles. The number of hydrogen-bond donors (Lipinski definition) is 2. The van der Waals surface area contributed by atoms with Gasteiger partial charge in [-0.05, 0) is 6.42 Å². The van der Waals surface area contributed by atoms with E-state index in [0.29, 0.717) is 6.42 Å². The number of aliphatic hydroxyl groups excluding tert-OH is 1. The number of carbonyl (C=O) groups excluding carboxylic acids is 2. The molecule has 7 nitrogen and oxygen atoms in total. The van der Waals surface area contributed by atoms with Gasteiger partial charge in [-0.15, -0.1) is 0 Å². The average Bonchev–Trinajstić information content (AvgIpc) is 2.78. The van der Waals surface area contributed by atoms with Gasteiger partial charge in [0.05, 0.1) is 13.0 Å². The third kappa shape index (κ3) is 20.4. The number of esters is 2. The van der Waals surface area contributed by atoms with Crippen LogP contribution >= 0.6 is 0 Å². The molecule has 0 radical (unpaired) electrons. The smallest absolute Gasteiger partial charge is 0.331 e. The topological polar surface area (TPSA) is 110 Å². The van der Waals surface area contributed by atoms with E-state index in [0.717, 1.165) is 19.3 Å². The fourth-order valence-corrected chi connectivity index (χ4v) is 3.50. The van der Waals surface area contributed by atoms with Gasteiger partial charge in [0.1, 0.15) is 6.61 Å². The van der Waals surface area contributed by atoms with Crippen LogP contribution < -0.4 is 0 Å². The van der Waals surface area contributed by atoms with Crippen molar-refractivity contribution in [3.63, 3.8) is 0 Å². The van der Waals surface area contributed by atoms with Crippen LogP contribution in [-0.2, 0) is 23.9 Å². The predicted molar refractivity (Wildman–Crippen MR) is 129 cm³/mol. The van der Waals surface area contributed by atoms with E-state index < -0.39 is 37.0 Å². The molecule has 192 valence electrons. The molecule has 0 aliphatic heterocycles. The maximum absolute atomic E-state index is 11.8. The normalized spacial score (nSPS) is 11.7. The van der Waals surface area contributed by atoms with E-state index >= 15 is 0 Å². The third-order valence-corrected chi connectivity index (χ3v) is 5.58. The molecule has 0 aromatic heterocycles. The number of ether oxygens (including phenoxy) is 2. The number of rotatable bonds is 23. The number of unbranched alkanes of at least 4 members (excludes halogenated alkanes) is 14. The van der Waals surface area contributed by atoms with Crippen molar-refractivity contribution in [3.8, 4) is 0 Å². The Morgan fingerprint density at radius 1 is 0.758 bits per heavy atom. The molecular formula is C26H46O7. The Morgan fingerprint density at radius 3 is 1.64 bits per heavy atom. The van der Waals surface area contributed by atoms with Crippen LogP contribution in [0.15, 0.2) is 12.2 Å². The predicted octanol–water partition coefficient (Wildman–Crippen LogP) is 5.73. The number of carbonyl (C=O) groups is 3. The maximum atomic E-state index is 11.8. The Hall–Kier alpha value is -1.89. The first kappa shape index (κ1) is 31.1. The summed E-state index contributed by atoms with van der Waals surface area (Å²) in [6.07, 6.45) is 17.6. The lowest BCUT2D eigenvalue weighted by atomic mass is 10.0. The Morgan fingerprint density at radius 2 is 1.21 bits per heavy atom. The minimum atomic E-state index is -1.29. The zero-order valence-corrected chi connectivity index (χ0v) is 20.7. The first-order valence-electron chi connectivity index (χ1n) is 12.8. The number of hydrogen-bond acceptors (Lipinski definition) is 6. The van der Waals surface area contributed by atoms with Crippen LogP contribution in [0.2, 0.25) is 0 Å². The van der Waals surface area contributed by atoms with Crippen molar-refractivity contribution >= 4 is 17.9 Å². The molecule has 1 atom stereocenters. The molecule has 0 aromatic rings. The lowest BCUT2D eigenvalue weighted by Crippen LogP contribution is -2.28.